The van der Waals surface area contributed by atoms with Crippen LogP contribution in [-0.2, 0) is 26.1 Å². The van der Waals surface area contributed by atoms with E-state index in [4.69, 9.17) is 0 Å². The number of carbonyl (C=O) groups excluding carboxylic acids is 1. The summed E-state index contributed by atoms with van der Waals surface area (Å²) < 4.78 is 0. The molecule has 0 saturated heterocycles. The van der Waals surface area contributed by atoms with Gasteiger partial charge in [0.15, 0.2) is 0 Å². The zero-order valence-electron chi connectivity index (χ0n) is 14.6. The average molecular weight is 357 g/mol. The maximum absolute atomic E-state index is 13.1. The summed E-state index contributed by atoms with van der Waals surface area (Å²) >= 11 is 0. The second kappa shape index (κ2) is 7.59. The largest absolute Gasteiger partial charge is 0.331 e. The van der Waals surface area contributed by atoms with Crippen molar-refractivity contribution in [2.24, 2.45) is 0 Å². The molecule has 3 nitrogen and oxygen atoms in total. The number of carbonyl (C=O) groups is 1. The van der Waals surface area contributed by atoms with Gasteiger partial charge in [-0.3, -0.25) is 4.79 Å². The van der Waals surface area contributed by atoms with Gasteiger partial charge in [-0.2, -0.15) is 0 Å². The Kier molecular flexibility index (Phi) is 5.45. The van der Waals surface area contributed by atoms with Gasteiger partial charge in [0.25, 0.3) is 5.91 Å². The van der Waals surface area contributed by atoms with Gasteiger partial charge in [0.2, 0.25) is 0 Å². The summed E-state index contributed by atoms with van der Waals surface area (Å²) in [6.07, 6.45) is 3.31. The van der Waals surface area contributed by atoms with Crippen molar-refractivity contribution in [3.05, 3.63) is 70.3 Å². The molecule has 1 aliphatic carbocycles. The number of hydrogen-bond donors (Lipinski definition) is 1. The molecule has 0 radical (unpaired) electrons. The molecule has 4 rings (SSSR count). The van der Waals surface area contributed by atoms with Crippen molar-refractivity contribution in [2.75, 3.05) is 0 Å². The lowest BCUT2D eigenvalue weighted by atomic mass is 10.0. The van der Waals surface area contributed by atoms with Gasteiger partial charge in [0, 0.05) is 31.2 Å². The molecule has 1 amide bonds. The number of amides is 1. The van der Waals surface area contributed by atoms with Gasteiger partial charge >= 0.3 is 0 Å². The van der Waals surface area contributed by atoms with E-state index < -0.39 is 0 Å². The van der Waals surface area contributed by atoms with Crippen LogP contribution < -0.4 is 5.32 Å². The SMILES string of the molecule is CCc1ccc(CN(C(=O)c2ccc3c(c2)CNC3)C2CC2)cc1.Cl. The summed E-state index contributed by atoms with van der Waals surface area (Å²) in [6.45, 7) is 4.67. The Bertz CT molecular complexity index is 753. The summed E-state index contributed by atoms with van der Waals surface area (Å²) in [5.74, 6) is 0.173. The first kappa shape index (κ1) is 18.0. The molecule has 2 aliphatic rings. The monoisotopic (exact) mass is 356 g/mol. The molecule has 1 fully saturated rings. The van der Waals surface area contributed by atoms with E-state index in [0.717, 1.165) is 37.9 Å². The molecule has 25 heavy (non-hydrogen) atoms. The van der Waals surface area contributed by atoms with Crippen LogP contribution in [0.25, 0.3) is 0 Å². The zero-order valence-corrected chi connectivity index (χ0v) is 15.4. The van der Waals surface area contributed by atoms with Crippen molar-refractivity contribution >= 4 is 18.3 Å². The number of benzene rings is 2. The molecular formula is C21H25ClN2O. The van der Waals surface area contributed by atoms with Crippen LogP contribution >= 0.6 is 12.4 Å². The molecule has 1 N–H and O–H groups in total. The molecule has 0 unspecified atom stereocenters. The normalized spacial score (nSPS) is 15.4. The molecule has 2 aromatic carbocycles. The molecule has 0 bridgehead atoms. The molecule has 0 aromatic heterocycles. The molecule has 2 aromatic rings. The number of fused-ring (bicyclic) bond motifs is 1. The van der Waals surface area contributed by atoms with Gasteiger partial charge in [0.05, 0.1) is 0 Å². The fourth-order valence-electron chi connectivity index (χ4n) is 3.42. The van der Waals surface area contributed by atoms with E-state index >= 15 is 0 Å². The molecule has 1 aliphatic heterocycles. The number of rotatable bonds is 5. The number of aryl methyl sites for hydroxylation is 1. The first-order chi connectivity index (χ1) is 11.7. The Morgan fingerprint density at radius 2 is 1.72 bits per heavy atom. The number of hydrogen-bond acceptors (Lipinski definition) is 2. The van der Waals surface area contributed by atoms with Crippen LogP contribution in [0.2, 0.25) is 0 Å². The van der Waals surface area contributed by atoms with Crippen LogP contribution in [0.5, 0.6) is 0 Å². The van der Waals surface area contributed by atoms with Crippen LogP contribution in [0.1, 0.15) is 52.4 Å². The maximum Gasteiger partial charge on any atom is 0.254 e. The van der Waals surface area contributed by atoms with Gasteiger partial charge < -0.3 is 10.2 Å². The minimum absolute atomic E-state index is 0. The summed E-state index contributed by atoms with van der Waals surface area (Å²) in [7, 11) is 0. The smallest absolute Gasteiger partial charge is 0.254 e. The lowest BCUT2D eigenvalue weighted by Crippen LogP contribution is -2.32. The predicted molar refractivity (Wildman–Crippen MR) is 103 cm³/mol. The Balaban J connectivity index is 0.00000182. The summed E-state index contributed by atoms with van der Waals surface area (Å²) in [5, 5.41) is 3.34. The molecular weight excluding hydrogens is 332 g/mol. The Morgan fingerprint density at radius 1 is 1.04 bits per heavy atom. The summed E-state index contributed by atoms with van der Waals surface area (Å²) in [6, 6.07) is 15.2. The van der Waals surface area contributed by atoms with E-state index in [1.807, 2.05) is 6.07 Å². The van der Waals surface area contributed by atoms with E-state index in [2.05, 4.69) is 53.5 Å². The van der Waals surface area contributed by atoms with Crippen molar-refractivity contribution in [3.63, 3.8) is 0 Å². The second-order valence-electron chi connectivity index (χ2n) is 6.92. The standard InChI is InChI=1S/C21H24N2O.ClH/c1-2-15-3-5-16(6-4-15)14-23(20-9-10-20)21(24)17-7-8-18-12-22-13-19(18)11-17;/h3-8,11,20,22H,2,9-10,12-14H2,1H3;1H. The third-order valence-corrected chi connectivity index (χ3v) is 5.12. The van der Waals surface area contributed by atoms with E-state index in [0.29, 0.717) is 12.6 Å². The molecule has 0 spiro atoms. The predicted octanol–water partition coefficient (Wildman–Crippen LogP) is 4.08. The van der Waals surface area contributed by atoms with Gasteiger partial charge in [-0.1, -0.05) is 37.3 Å². The highest BCUT2D eigenvalue weighted by atomic mass is 35.5. The van der Waals surface area contributed by atoms with Gasteiger partial charge in [-0.15, -0.1) is 12.4 Å². The highest BCUT2D eigenvalue weighted by molar-refractivity contribution is 5.95. The lowest BCUT2D eigenvalue weighted by molar-refractivity contribution is 0.0730. The third-order valence-electron chi connectivity index (χ3n) is 5.12. The van der Waals surface area contributed by atoms with Gasteiger partial charge in [-0.25, -0.2) is 0 Å². The van der Waals surface area contributed by atoms with Gasteiger partial charge in [-0.05, 0) is 53.6 Å². The topological polar surface area (TPSA) is 32.3 Å². The maximum atomic E-state index is 13.1. The summed E-state index contributed by atoms with van der Waals surface area (Å²) in [5.41, 5.74) is 5.97. The number of nitrogens with one attached hydrogen (secondary N) is 1. The van der Waals surface area contributed by atoms with Crippen LogP contribution in [0.15, 0.2) is 42.5 Å². The Morgan fingerprint density at radius 3 is 2.40 bits per heavy atom. The van der Waals surface area contributed by atoms with Crippen molar-refractivity contribution in [1.82, 2.24) is 10.2 Å². The molecule has 132 valence electrons. The first-order valence-electron chi connectivity index (χ1n) is 8.96. The van der Waals surface area contributed by atoms with Crippen LogP contribution in [0, 0.1) is 0 Å². The number of nitrogens with zero attached hydrogens (tertiary/aromatic N) is 1. The van der Waals surface area contributed by atoms with Crippen LogP contribution in [0.4, 0.5) is 0 Å². The Labute approximate surface area is 155 Å². The minimum atomic E-state index is 0. The van der Waals surface area contributed by atoms with Crippen molar-refractivity contribution in [3.8, 4) is 0 Å². The Hall–Kier alpha value is -1.84. The molecule has 1 heterocycles. The third kappa shape index (κ3) is 3.88. The second-order valence-corrected chi connectivity index (χ2v) is 6.92. The first-order valence-corrected chi connectivity index (χ1v) is 8.96. The van der Waals surface area contributed by atoms with Gasteiger partial charge in [0.1, 0.15) is 0 Å². The van der Waals surface area contributed by atoms with Crippen LogP contribution in [-0.4, -0.2) is 16.8 Å². The quantitative estimate of drug-likeness (QED) is 0.875. The highest BCUT2D eigenvalue weighted by Crippen LogP contribution is 2.30. The van der Waals surface area contributed by atoms with E-state index in [1.165, 1.54) is 22.3 Å². The van der Waals surface area contributed by atoms with Crippen molar-refractivity contribution in [1.29, 1.82) is 0 Å². The fraction of sp³-hybridized carbons (Fsp3) is 0.381. The van der Waals surface area contributed by atoms with Crippen molar-refractivity contribution < 1.29 is 4.79 Å². The van der Waals surface area contributed by atoms with E-state index in [-0.39, 0.29) is 18.3 Å². The lowest BCUT2D eigenvalue weighted by Gasteiger charge is -2.23. The molecule has 1 saturated carbocycles. The number of halogens is 1. The average Bonchev–Trinajstić information content (AvgIpc) is 3.36. The summed E-state index contributed by atoms with van der Waals surface area (Å²) in [4.78, 5) is 15.1. The molecule has 0 atom stereocenters. The van der Waals surface area contributed by atoms with Crippen molar-refractivity contribution in [2.45, 2.75) is 51.9 Å². The minimum Gasteiger partial charge on any atom is -0.331 e. The van der Waals surface area contributed by atoms with E-state index in [1.54, 1.807) is 0 Å². The van der Waals surface area contributed by atoms with Crippen LogP contribution in [0.3, 0.4) is 0 Å². The molecule has 4 heteroatoms. The zero-order chi connectivity index (χ0) is 16.5. The highest BCUT2D eigenvalue weighted by Gasteiger charge is 2.33. The van der Waals surface area contributed by atoms with E-state index in [9.17, 15) is 4.79 Å². The fourth-order valence-corrected chi connectivity index (χ4v) is 3.42.